The third kappa shape index (κ3) is 3.74. The van der Waals surface area contributed by atoms with Crippen molar-refractivity contribution in [3.05, 3.63) is 34.1 Å². The summed E-state index contributed by atoms with van der Waals surface area (Å²) in [6, 6.07) is 4.41. The van der Waals surface area contributed by atoms with Crippen molar-refractivity contribution >= 4 is 39.0 Å². The molecular formula is C12H14BrFN2OS. The fourth-order valence-corrected chi connectivity index (χ4v) is 2.24. The van der Waals surface area contributed by atoms with E-state index in [1.807, 2.05) is 6.92 Å². The maximum atomic E-state index is 13.7. The van der Waals surface area contributed by atoms with Gasteiger partial charge in [0.25, 0.3) is 5.91 Å². The number of amides is 1. The van der Waals surface area contributed by atoms with E-state index in [2.05, 4.69) is 15.9 Å². The standard InChI is InChI=1S/C12H14BrFN2OS/c1-2-6-16(7-10(15)18)12(17)11-8(13)4-3-5-9(11)14/h3-5H,2,6-7H2,1H3,(H2,15,18). The molecule has 3 nitrogen and oxygen atoms in total. The van der Waals surface area contributed by atoms with Crippen LogP contribution in [0.1, 0.15) is 23.7 Å². The molecule has 1 aromatic carbocycles. The van der Waals surface area contributed by atoms with Gasteiger partial charge in [0.15, 0.2) is 0 Å². The molecule has 0 saturated heterocycles. The van der Waals surface area contributed by atoms with Crippen molar-refractivity contribution < 1.29 is 9.18 Å². The molecular weight excluding hydrogens is 319 g/mol. The zero-order valence-electron chi connectivity index (χ0n) is 9.95. The van der Waals surface area contributed by atoms with E-state index in [0.717, 1.165) is 6.42 Å². The van der Waals surface area contributed by atoms with E-state index in [1.165, 1.54) is 17.0 Å². The lowest BCUT2D eigenvalue weighted by Crippen LogP contribution is -2.38. The second-order valence-corrected chi connectivity index (χ2v) is 5.17. The number of carbonyl (C=O) groups excluding carboxylic acids is 1. The van der Waals surface area contributed by atoms with Gasteiger partial charge in [-0.05, 0) is 34.5 Å². The normalized spacial score (nSPS) is 10.2. The second kappa shape index (κ2) is 6.80. The molecule has 2 N–H and O–H groups in total. The predicted molar refractivity (Wildman–Crippen MR) is 77.1 cm³/mol. The first-order valence-electron chi connectivity index (χ1n) is 5.49. The Morgan fingerprint density at radius 1 is 1.56 bits per heavy atom. The summed E-state index contributed by atoms with van der Waals surface area (Å²) in [7, 11) is 0. The average Bonchev–Trinajstić information content (AvgIpc) is 2.27. The van der Waals surface area contributed by atoms with Gasteiger partial charge in [-0.2, -0.15) is 0 Å². The number of halogens is 2. The van der Waals surface area contributed by atoms with Crippen molar-refractivity contribution in [2.45, 2.75) is 13.3 Å². The quantitative estimate of drug-likeness (QED) is 0.843. The van der Waals surface area contributed by atoms with Crippen molar-refractivity contribution in [3.63, 3.8) is 0 Å². The zero-order valence-corrected chi connectivity index (χ0v) is 12.4. The molecule has 0 aliphatic heterocycles. The monoisotopic (exact) mass is 332 g/mol. The van der Waals surface area contributed by atoms with Crippen molar-refractivity contribution in [2.24, 2.45) is 5.73 Å². The summed E-state index contributed by atoms with van der Waals surface area (Å²) < 4.78 is 14.1. The molecule has 0 aromatic heterocycles. The van der Waals surface area contributed by atoms with Gasteiger partial charge in [-0.25, -0.2) is 4.39 Å². The van der Waals surface area contributed by atoms with Crippen LogP contribution in [0.25, 0.3) is 0 Å². The topological polar surface area (TPSA) is 46.3 Å². The average molecular weight is 333 g/mol. The SMILES string of the molecule is CCCN(CC(N)=S)C(=O)c1c(F)cccc1Br. The number of nitrogens with two attached hydrogens (primary N) is 1. The Hall–Kier alpha value is -1.01. The van der Waals surface area contributed by atoms with Crippen molar-refractivity contribution in [1.82, 2.24) is 4.90 Å². The minimum atomic E-state index is -0.557. The van der Waals surface area contributed by atoms with Crippen LogP contribution in [0, 0.1) is 5.82 Å². The second-order valence-electron chi connectivity index (χ2n) is 3.79. The molecule has 1 rings (SSSR count). The van der Waals surface area contributed by atoms with Crippen LogP contribution in [-0.4, -0.2) is 28.9 Å². The number of thiocarbonyl (C=S) groups is 1. The van der Waals surface area contributed by atoms with Crippen LogP contribution in [0.5, 0.6) is 0 Å². The Balaban J connectivity index is 3.05. The summed E-state index contributed by atoms with van der Waals surface area (Å²) in [5, 5.41) is 0. The van der Waals surface area contributed by atoms with Crippen LogP contribution in [-0.2, 0) is 0 Å². The first kappa shape index (κ1) is 15.0. The number of carbonyl (C=O) groups is 1. The molecule has 0 bridgehead atoms. The van der Waals surface area contributed by atoms with Gasteiger partial charge in [0.2, 0.25) is 0 Å². The van der Waals surface area contributed by atoms with Crippen LogP contribution in [0.15, 0.2) is 22.7 Å². The highest BCUT2D eigenvalue weighted by Gasteiger charge is 2.21. The molecule has 0 aliphatic carbocycles. The fourth-order valence-electron chi connectivity index (χ4n) is 1.57. The van der Waals surface area contributed by atoms with E-state index in [9.17, 15) is 9.18 Å². The number of hydrogen-bond donors (Lipinski definition) is 1. The van der Waals surface area contributed by atoms with Crippen LogP contribution < -0.4 is 5.73 Å². The molecule has 1 amide bonds. The number of hydrogen-bond acceptors (Lipinski definition) is 2. The lowest BCUT2D eigenvalue weighted by atomic mass is 10.2. The van der Waals surface area contributed by atoms with Crippen LogP contribution in [0.3, 0.4) is 0 Å². The third-order valence-electron chi connectivity index (χ3n) is 2.30. The van der Waals surface area contributed by atoms with Crippen molar-refractivity contribution in [2.75, 3.05) is 13.1 Å². The van der Waals surface area contributed by atoms with E-state index >= 15 is 0 Å². The highest BCUT2D eigenvalue weighted by atomic mass is 79.9. The maximum absolute atomic E-state index is 13.7. The lowest BCUT2D eigenvalue weighted by Gasteiger charge is -2.22. The smallest absolute Gasteiger partial charge is 0.258 e. The summed E-state index contributed by atoms with van der Waals surface area (Å²) in [5.74, 6) is -0.965. The highest BCUT2D eigenvalue weighted by Crippen LogP contribution is 2.21. The molecule has 0 atom stereocenters. The predicted octanol–water partition coefficient (Wildman–Crippen LogP) is 2.73. The van der Waals surface area contributed by atoms with E-state index in [4.69, 9.17) is 18.0 Å². The zero-order chi connectivity index (χ0) is 13.7. The molecule has 0 radical (unpaired) electrons. The van der Waals surface area contributed by atoms with E-state index in [-0.39, 0.29) is 17.1 Å². The fraction of sp³-hybridized carbons (Fsp3) is 0.333. The van der Waals surface area contributed by atoms with E-state index in [1.54, 1.807) is 6.07 Å². The van der Waals surface area contributed by atoms with Gasteiger partial charge in [-0.1, -0.05) is 25.2 Å². The summed E-state index contributed by atoms with van der Waals surface area (Å²) in [5.41, 5.74) is 5.46. The molecule has 0 spiro atoms. The molecule has 0 saturated carbocycles. The summed E-state index contributed by atoms with van der Waals surface area (Å²) in [6.07, 6.45) is 0.750. The van der Waals surface area contributed by atoms with Gasteiger partial charge in [-0.15, -0.1) is 0 Å². The Morgan fingerprint density at radius 3 is 2.72 bits per heavy atom. The Labute approximate surface area is 119 Å². The van der Waals surface area contributed by atoms with Crippen molar-refractivity contribution in [1.29, 1.82) is 0 Å². The van der Waals surface area contributed by atoms with Gasteiger partial charge in [0.1, 0.15) is 5.82 Å². The summed E-state index contributed by atoms with van der Waals surface area (Å²) in [6.45, 7) is 2.57. The van der Waals surface area contributed by atoms with Gasteiger partial charge in [-0.3, -0.25) is 4.79 Å². The molecule has 98 valence electrons. The van der Waals surface area contributed by atoms with Crippen LogP contribution in [0.4, 0.5) is 4.39 Å². The van der Waals surface area contributed by atoms with Crippen LogP contribution >= 0.6 is 28.1 Å². The molecule has 0 heterocycles. The van der Waals surface area contributed by atoms with E-state index < -0.39 is 11.7 Å². The minimum absolute atomic E-state index is 0.0159. The van der Waals surface area contributed by atoms with Crippen LogP contribution in [0.2, 0.25) is 0 Å². The van der Waals surface area contributed by atoms with Gasteiger partial charge in [0, 0.05) is 11.0 Å². The minimum Gasteiger partial charge on any atom is -0.392 e. The van der Waals surface area contributed by atoms with E-state index in [0.29, 0.717) is 11.0 Å². The summed E-state index contributed by atoms with van der Waals surface area (Å²) in [4.78, 5) is 13.9. The number of benzene rings is 1. The largest absolute Gasteiger partial charge is 0.392 e. The molecule has 0 aliphatic rings. The van der Waals surface area contributed by atoms with Gasteiger partial charge in [0.05, 0.1) is 17.1 Å². The Kier molecular flexibility index (Phi) is 5.68. The first-order chi connectivity index (χ1) is 8.47. The number of nitrogens with zero attached hydrogens (tertiary/aromatic N) is 1. The highest BCUT2D eigenvalue weighted by molar-refractivity contribution is 9.10. The molecule has 1 aromatic rings. The number of rotatable bonds is 5. The lowest BCUT2D eigenvalue weighted by molar-refractivity contribution is 0.0774. The molecule has 0 fully saturated rings. The third-order valence-corrected chi connectivity index (χ3v) is 3.09. The molecule has 6 heteroatoms. The molecule has 18 heavy (non-hydrogen) atoms. The Bertz CT molecular complexity index is 447. The summed E-state index contributed by atoms with van der Waals surface area (Å²) >= 11 is 7.98. The Morgan fingerprint density at radius 2 is 2.22 bits per heavy atom. The maximum Gasteiger partial charge on any atom is 0.258 e. The van der Waals surface area contributed by atoms with Gasteiger partial charge < -0.3 is 10.6 Å². The molecule has 0 unspecified atom stereocenters. The van der Waals surface area contributed by atoms with Gasteiger partial charge >= 0.3 is 0 Å². The van der Waals surface area contributed by atoms with Crippen molar-refractivity contribution in [3.8, 4) is 0 Å². The first-order valence-corrected chi connectivity index (χ1v) is 6.69.